The molecule has 0 aliphatic heterocycles. The summed E-state index contributed by atoms with van der Waals surface area (Å²) in [5, 5.41) is 9.79. The molecule has 3 atom stereocenters. The number of carboxylic acids is 1. The number of carbonyl (C=O) groups is 3. The molecular formula is C21H25NO5. The fourth-order valence-corrected chi connectivity index (χ4v) is 3.83. The first-order chi connectivity index (χ1) is 13.0. The number of aromatic nitrogens is 1. The van der Waals surface area contributed by atoms with Gasteiger partial charge in [0.2, 0.25) is 0 Å². The molecule has 6 heteroatoms. The number of aromatic amines is 1. The highest BCUT2D eigenvalue weighted by molar-refractivity contribution is 5.87. The van der Waals surface area contributed by atoms with Gasteiger partial charge in [-0.05, 0) is 43.7 Å². The lowest BCUT2D eigenvalue weighted by molar-refractivity contribution is -0.149. The predicted octanol–water partition coefficient (Wildman–Crippen LogP) is 3.35. The number of para-hydroxylation sites is 1. The van der Waals surface area contributed by atoms with Crippen LogP contribution in [0.25, 0.3) is 10.9 Å². The molecule has 1 saturated carbocycles. The number of hydrogen-bond acceptors (Lipinski definition) is 4. The zero-order valence-corrected chi connectivity index (χ0v) is 15.4. The molecule has 1 aromatic carbocycles. The molecule has 2 N–H and O–H groups in total. The maximum absolute atomic E-state index is 12.5. The van der Waals surface area contributed by atoms with Crippen LogP contribution in [0.15, 0.2) is 30.5 Å². The Kier molecular flexibility index (Phi) is 5.94. The van der Waals surface area contributed by atoms with Crippen molar-refractivity contribution >= 4 is 28.6 Å². The largest absolute Gasteiger partial charge is 0.481 e. The Hall–Kier alpha value is -2.63. The van der Waals surface area contributed by atoms with Crippen LogP contribution in [0.2, 0.25) is 0 Å². The SMILES string of the molecule is CCOC(=O)C(Cc1c[nH]c2ccccc12)C1CC1C(=O)CCCC(=O)O. The van der Waals surface area contributed by atoms with Gasteiger partial charge >= 0.3 is 11.9 Å². The van der Waals surface area contributed by atoms with Gasteiger partial charge in [-0.1, -0.05) is 18.2 Å². The van der Waals surface area contributed by atoms with Gasteiger partial charge in [0, 0.05) is 35.9 Å². The number of Topliss-reactive ketones (excluding diaryl/α,β-unsaturated/α-hetero) is 1. The Morgan fingerprint density at radius 3 is 2.78 bits per heavy atom. The summed E-state index contributed by atoms with van der Waals surface area (Å²) in [6, 6.07) is 7.93. The highest BCUT2D eigenvalue weighted by atomic mass is 16.5. The molecule has 0 radical (unpaired) electrons. The number of benzene rings is 1. The van der Waals surface area contributed by atoms with E-state index in [-0.39, 0.29) is 42.3 Å². The molecule has 1 fully saturated rings. The van der Waals surface area contributed by atoms with E-state index in [1.165, 1.54) is 0 Å². The van der Waals surface area contributed by atoms with Crippen molar-refractivity contribution in [3.8, 4) is 0 Å². The Labute approximate surface area is 157 Å². The number of esters is 1. The summed E-state index contributed by atoms with van der Waals surface area (Å²) in [6.07, 6.45) is 3.74. The number of ketones is 1. The number of ether oxygens (including phenoxy) is 1. The molecule has 3 rings (SSSR count). The number of H-pyrrole nitrogens is 1. The second-order valence-corrected chi connectivity index (χ2v) is 7.14. The fraction of sp³-hybridized carbons (Fsp3) is 0.476. The molecule has 0 amide bonds. The van der Waals surface area contributed by atoms with Gasteiger partial charge in [-0.25, -0.2) is 0 Å². The molecule has 6 nitrogen and oxygen atoms in total. The molecule has 0 saturated heterocycles. The molecule has 1 heterocycles. The monoisotopic (exact) mass is 371 g/mol. The van der Waals surface area contributed by atoms with E-state index in [4.69, 9.17) is 9.84 Å². The number of fused-ring (bicyclic) bond motifs is 1. The van der Waals surface area contributed by atoms with E-state index in [0.29, 0.717) is 25.9 Å². The average molecular weight is 371 g/mol. The van der Waals surface area contributed by atoms with Gasteiger partial charge in [0.1, 0.15) is 5.78 Å². The van der Waals surface area contributed by atoms with Crippen molar-refractivity contribution in [3.05, 3.63) is 36.0 Å². The van der Waals surface area contributed by atoms with Crippen molar-refractivity contribution in [1.29, 1.82) is 0 Å². The molecule has 1 aromatic heterocycles. The lowest BCUT2D eigenvalue weighted by atomic mass is 9.92. The van der Waals surface area contributed by atoms with Crippen LogP contribution in [0.5, 0.6) is 0 Å². The zero-order chi connectivity index (χ0) is 19.4. The first-order valence-corrected chi connectivity index (χ1v) is 9.47. The van der Waals surface area contributed by atoms with E-state index in [9.17, 15) is 14.4 Å². The van der Waals surface area contributed by atoms with Crippen molar-refractivity contribution in [3.63, 3.8) is 0 Å². The summed E-state index contributed by atoms with van der Waals surface area (Å²) in [4.78, 5) is 38.7. The van der Waals surface area contributed by atoms with E-state index in [0.717, 1.165) is 16.5 Å². The molecule has 1 aliphatic carbocycles. The van der Waals surface area contributed by atoms with Gasteiger partial charge in [-0.3, -0.25) is 14.4 Å². The molecular weight excluding hydrogens is 346 g/mol. The van der Waals surface area contributed by atoms with Crippen molar-refractivity contribution in [1.82, 2.24) is 4.98 Å². The molecule has 2 aromatic rings. The quantitative estimate of drug-likeness (QED) is 0.624. The van der Waals surface area contributed by atoms with Gasteiger partial charge in [0.15, 0.2) is 0 Å². The summed E-state index contributed by atoms with van der Waals surface area (Å²) in [6.45, 7) is 2.09. The van der Waals surface area contributed by atoms with Crippen LogP contribution < -0.4 is 0 Å². The van der Waals surface area contributed by atoms with Crippen LogP contribution in [0, 0.1) is 17.8 Å². The van der Waals surface area contributed by atoms with Crippen LogP contribution in [0.3, 0.4) is 0 Å². The van der Waals surface area contributed by atoms with Crippen LogP contribution in [-0.4, -0.2) is 34.4 Å². The van der Waals surface area contributed by atoms with Gasteiger partial charge in [0.25, 0.3) is 0 Å². The second-order valence-electron chi connectivity index (χ2n) is 7.14. The summed E-state index contributed by atoms with van der Waals surface area (Å²) in [5.74, 6) is -1.60. The standard InChI is InChI=1S/C21H25NO5/c1-2-27-21(26)17(10-13-12-22-18-7-4-3-6-14(13)18)15-11-16(15)19(23)8-5-9-20(24)25/h3-4,6-7,12,15-17,22H,2,5,8-11H2,1H3,(H,24,25). The summed E-state index contributed by atoms with van der Waals surface area (Å²) in [5.41, 5.74) is 2.07. The maximum Gasteiger partial charge on any atom is 0.309 e. The summed E-state index contributed by atoms with van der Waals surface area (Å²) >= 11 is 0. The lowest BCUT2D eigenvalue weighted by Crippen LogP contribution is -2.24. The molecule has 0 bridgehead atoms. The van der Waals surface area contributed by atoms with Crippen molar-refractivity contribution in [2.45, 2.75) is 39.0 Å². The molecule has 144 valence electrons. The Balaban J connectivity index is 1.69. The van der Waals surface area contributed by atoms with Crippen LogP contribution >= 0.6 is 0 Å². The Morgan fingerprint density at radius 2 is 2.04 bits per heavy atom. The van der Waals surface area contributed by atoms with E-state index in [1.54, 1.807) is 6.92 Å². The minimum atomic E-state index is -0.890. The minimum Gasteiger partial charge on any atom is -0.481 e. The van der Waals surface area contributed by atoms with Gasteiger partial charge in [-0.2, -0.15) is 0 Å². The summed E-state index contributed by atoms with van der Waals surface area (Å²) in [7, 11) is 0. The minimum absolute atomic E-state index is 0.000227. The molecule has 0 spiro atoms. The molecule has 3 unspecified atom stereocenters. The third kappa shape index (κ3) is 4.56. The van der Waals surface area contributed by atoms with E-state index < -0.39 is 5.97 Å². The van der Waals surface area contributed by atoms with E-state index >= 15 is 0 Å². The van der Waals surface area contributed by atoms with Gasteiger partial charge < -0.3 is 14.8 Å². The number of aliphatic carboxylic acids is 1. The van der Waals surface area contributed by atoms with Crippen molar-refractivity contribution in [2.75, 3.05) is 6.61 Å². The Bertz CT molecular complexity index is 840. The number of rotatable bonds is 10. The average Bonchev–Trinajstić information content (AvgIpc) is 3.33. The highest BCUT2D eigenvalue weighted by Crippen LogP contribution is 2.47. The van der Waals surface area contributed by atoms with Crippen LogP contribution in [-0.2, 0) is 25.5 Å². The molecule has 27 heavy (non-hydrogen) atoms. The van der Waals surface area contributed by atoms with Crippen LogP contribution in [0.1, 0.15) is 38.2 Å². The zero-order valence-electron chi connectivity index (χ0n) is 15.4. The van der Waals surface area contributed by atoms with Crippen molar-refractivity contribution in [2.24, 2.45) is 17.8 Å². The molecule has 1 aliphatic rings. The van der Waals surface area contributed by atoms with Gasteiger partial charge in [-0.15, -0.1) is 0 Å². The number of nitrogens with one attached hydrogen (secondary N) is 1. The first kappa shape index (κ1) is 19.1. The summed E-state index contributed by atoms with van der Waals surface area (Å²) < 4.78 is 5.27. The van der Waals surface area contributed by atoms with Gasteiger partial charge in [0.05, 0.1) is 12.5 Å². The predicted molar refractivity (Wildman–Crippen MR) is 100 cm³/mol. The topological polar surface area (TPSA) is 96.5 Å². The number of carbonyl (C=O) groups excluding carboxylic acids is 2. The number of carboxylic acid groups (broad SMARTS) is 1. The number of hydrogen-bond donors (Lipinski definition) is 2. The Morgan fingerprint density at radius 1 is 1.26 bits per heavy atom. The third-order valence-corrected chi connectivity index (χ3v) is 5.29. The second kappa shape index (κ2) is 8.37. The smallest absolute Gasteiger partial charge is 0.309 e. The van der Waals surface area contributed by atoms with Crippen molar-refractivity contribution < 1.29 is 24.2 Å². The lowest BCUT2D eigenvalue weighted by Gasteiger charge is -2.15. The van der Waals surface area contributed by atoms with Crippen LogP contribution in [0.4, 0.5) is 0 Å². The first-order valence-electron chi connectivity index (χ1n) is 9.47. The van der Waals surface area contributed by atoms with E-state index in [1.807, 2.05) is 30.5 Å². The normalized spacial score (nSPS) is 19.6. The highest BCUT2D eigenvalue weighted by Gasteiger charge is 2.49. The fourth-order valence-electron chi connectivity index (χ4n) is 3.83. The third-order valence-electron chi connectivity index (χ3n) is 5.29. The maximum atomic E-state index is 12.5. The van der Waals surface area contributed by atoms with E-state index in [2.05, 4.69) is 4.98 Å².